The van der Waals surface area contributed by atoms with E-state index in [2.05, 4.69) is 59.4 Å². The predicted octanol–water partition coefficient (Wildman–Crippen LogP) is 4.18. The fraction of sp³-hybridized carbons (Fsp3) is 0.231. The van der Waals surface area contributed by atoms with Gasteiger partial charge in [-0.3, -0.25) is 0 Å². The highest BCUT2D eigenvalue weighted by Gasteiger charge is 2.12. The van der Waals surface area contributed by atoms with E-state index in [0.29, 0.717) is 0 Å². The Hall–Kier alpha value is -0.640. The first-order chi connectivity index (χ1) is 7.58. The van der Waals surface area contributed by atoms with Gasteiger partial charge in [0.2, 0.25) is 0 Å². The van der Waals surface area contributed by atoms with Gasteiger partial charge in [0.15, 0.2) is 0 Å². The molecule has 1 nitrogen and oxygen atoms in total. The predicted molar refractivity (Wildman–Crippen MR) is 74.0 cm³/mol. The third-order valence-electron chi connectivity index (χ3n) is 2.71. The zero-order valence-electron chi connectivity index (χ0n) is 9.33. The largest absolute Gasteiger partial charge is 0.320 e. The molecule has 0 aliphatic carbocycles. The molecule has 1 aromatic heterocycles. The average Bonchev–Trinajstić information content (AvgIpc) is 2.64. The third kappa shape index (κ3) is 2.37. The van der Waals surface area contributed by atoms with Gasteiger partial charge >= 0.3 is 0 Å². The Morgan fingerprint density at radius 3 is 2.56 bits per heavy atom. The van der Waals surface area contributed by atoms with Gasteiger partial charge in [-0.2, -0.15) is 0 Å². The van der Waals surface area contributed by atoms with E-state index in [4.69, 9.17) is 5.73 Å². The fourth-order valence-corrected chi connectivity index (χ4v) is 3.05. The zero-order chi connectivity index (χ0) is 11.7. The minimum Gasteiger partial charge on any atom is -0.320 e. The van der Waals surface area contributed by atoms with Crippen molar-refractivity contribution < 1.29 is 0 Å². The van der Waals surface area contributed by atoms with Crippen molar-refractivity contribution in [3.8, 4) is 0 Å². The molecule has 1 aromatic carbocycles. The second kappa shape index (κ2) is 4.70. The van der Waals surface area contributed by atoms with Crippen LogP contribution < -0.4 is 5.73 Å². The van der Waals surface area contributed by atoms with Crippen LogP contribution in [0.15, 0.2) is 33.4 Å². The standard InChI is InChI=1S/C13H14BrNS/c1-8-3-4-11(9(2)5-8)13(15)10-6-12(14)16-7-10/h3-7,13H,15H2,1-2H3. The molecule has 16 heavy (non-hydrogen) atoms. The number of hydrogen-bond acceptors (Lipinski definition) is 2. The van der Waals surface area contributed by atoms with Crippen LogP contribution in [0.25, 0.3) is 0 Å². The molecule has 2 aromatic rings. The van der Waals surface area contributed by atoms with Gasteiger partial charge in [-0.1, -0.05) is 23.8 Å². The monoisotopic (exact) mass is 295 g/mol. The molecule has 84 valence electrons. The fourth-order valence-electron chi connectivity index (χ4n) is 1.84. The summed E-state index contributed by atoms with van der Waals surface area (Å²) in [6.07, 6.45) is 0. The summed E-state index contributed by atoms with van der Waals surface area (Å²) in [5.41, 5.74) is 11.2. The molecule has 0 saturated heterocycles. The van der Waals surface area contributed by atoms with Crippen molar-refractivity contribution in [2.75, 3.05) is 0 Å². The highest BCUT2D eigenvalue weighted by molar-refractivity contribution is 9.11. The first kappa shape index (κ1) is 11.8. The zero-order valence-corrected chi connectivity index (χ0v) is 11.7. The number of hydrogen-bond donors (Lipinski definition) is 1. The molecule has 0 saturated carbocycles. The van der Waals surface area contributed by atoms with E-state index in [1.165, 1.54) is 22.3 Å². The number of benzene rings is 1. The number of halogens is 1. The molecule has 3 heteroatoms. The van der Waals surface area contributed by atoms with Crippen molar-refractivity contribution >= 4 is 27.3 Å². The van der Waals surface area contributed by atoms with Crippen LogP contribution in [0.1, 0.15) is 28.3 Å². The van der Waals surface area contributed by atoms with Crippen molar-refractivity contribution in [1.29, 1.82) is 0 Å². The lowest BCUT2D eigenvalue weighted by atomic mass is 9.96. The molecular weight excluding hydrogens is 282 g/mol. The number of aryl methyl sites for hydroxylation is 2. The van der Waals surface area contributed by atoms with Crippen LogP contribution in [0.4, 0.5) is 0 Å². The molecule has 1 unspecified atom stereocenters. The Balaban J connectivity index is 2.37. The second-order valence-corrected chi connectivity index (χ2v) is 6.31. The van der Waals surface area contributed by atoms with Gasteiger partial charge in [-0.05, 0) is 57.9 Å². The van der Waals surface area contributed by atoms with Crippen molar-refractivity contribution in [2.45, 2.75) is 19.9 Å². The van der Waals surface area contributed by atoms with Gasteiger partial charge in [-0.25, -0.2) is 0 Å². The van der Waals surface area contributed by atoms with Gasteiger partial charge < -0.3 is 5.73 Å². The van der Waals surface area contributed by atoms with E-state index in [-0.39, 0.29) is 6.04 Å². The molecule has 2 rings (SSSR count). The topological polar surface area (TPSA) is 26.0 Å². The highest BCUT2D eigenvalue weighted by Crippen LogP contribution is 2.29. The van der Waals surface area contributed by atoms with E-state index < -0.39 is 0 Å². The van der Waals surface area contributed by atoms with Crippen molar-refractivity contribution in [1.82, 2.24) is 0 Å². The summed E-state index contributed by atoms with van der Waals surface area (Å²) in [6, 6.07) is 8.48. The van der Waals surface area contributed by atoms with E-state index in [9.17, 15) is 0 Å². The van der Waals surface area contributed by atoms with E-state index in [1.807, 2.05) is 0 Å². The maximum Gasteiger partial charge on any atom is 0.0701 e. The van der Waals surface area contributed by atoms with Crippen LogP contribution >= 0.6 is 27.3 Å². The van der Waals surface area contributed by atoms with Crippen LogP contribution in [0.2, 0.25) is 0 Å². The Bertz CT molecular complexity index is 504. The lowest BCUT2D eigenvalue weighted by molar-refractivity contribution is 0.865. The van der Waals surface area contributed by atoms with Crippen LogP contribution in [-0.4, -0.2) is 0 Å². The van der Waals surface area contributed by atoms with E-state index in [1.54, 1.807) is 11.3 Å². The average molecular weight is 296 g/mol. The first-order valence-electron chi connectivity index (χ1n) is 5.14. The molecule has 2 N–H and O–H groups in total. The summed E-state index contributed by atoms with van der Waals surface area (Å²) in [7, 11) is 0. The summed E-state index contributed by atoms with van der Waals surface area (Å²) in [6.45, 7) is 4.22. The lowest BCUT2D eigenvalue weighted by Crippen LogP contribution is -2.12. The number of rotatable bonds is 2. The summed E-state index contributed by atoms with van der Waals surface area (Å²) in [4.78, 5) is 0. The Morgan fingerprint density at radius 2 is 2.00 bits per heavy atom. The molecule has 0 aliphatic rings. The van der Waals surface area contributed by atoms with E-state index in [0.717, 1.165) is 3.79 Å². The number of nitrogens with two attached hydrogens (primary N) is 1. The smallest absolute Gasteiger partial charge is 0.0701 e. The SMILES string of the molecule is Cc1ccc(C(N)c2csc(Br)c2)c(C)c1. The minimum atomic E-state index is -0.0249. The van der Waals surface area contributed by atoms with Gasteiger partial charge in [0.05, 0.1) is 9.83 Å². The van der Waals surface area contributed by atoms with E-state index >= 15 is 0 Å². The molecule has 1 atom stereocenters. The maximum atomic E-state index is 6.27. The summed E-state index contributed by atoms with van der Waals surface area (Å²) in [5.74, 6) is 0. The molecule has 0 bridgehead atoms. The molecule has 0 amide bonds. The summed E-state index contributed by atoms with van der Waals surface area (Å²) < 4.78 is 1.13. The summed E-state index contributed by atoms with van der Waals surface area (Å²) >= 11 is 5.14. The van der Waals surface area contributed by atoms with Gasteiger partial charge in [0.1, 0.15) is 0 Å². The van der Waals surface area contributed by atoms with Gasteiger partial charge in [-0.15, -0.1) is 11.3 Å². The molecule has 0 spiro atoms. The Kier molecular flexibility index (Phi) is 3.47. The lowest BCUT2D eigenvalue weighted by Gasteiger charge is -2.14. The van der Waals surface area contributed by atoms with Crippen molar-refractivity contribution in [3.63, 3.8) is 0 Å². The normalized spacial score (nSPS) is 12.8. The quantitative estimate of drug-likeness (QED) is 0.884. The third-order valence-corrected chi connectivity index (χ3v) is 4.23. The Labute approximate surface area is 108 Å². The second-order valence-electron chi connectivity index (χ2n) is 4.02. The van der Waals surface area contributed by atoms with Crippen LogP contribution in [0.3, 0.4) is 0 Å². The van der Waals surface area contributed by atoms with Gasteiger partial charge in [0.25, 0.3) is 0 Å². The van der Waals surface area contributed by atoms with Crippen LogP contribution in [-0.2, 0) is 0 Å². The molecule has 0 aliphatic heterocycles. The van der Waals surface area contributed by atoms with Crippen molar-refractivity contribution in [3.05, 3.63) is 55.7 Å². The number of thiophene rings is 1. The maximum absolute atomic E-state index is 6.27. The van der Waals surface area contributed by atoms with Gasteiger partial charge in [0, 0.05) is 0 Å². The molecular formula is C13H14BrNS. The molecule has 0 radical (unpaired) electrons. The minimum absolute atomic E-state index is 0.0249. The molecule has 0 fully saturated rings. The van der Waals surface area contributed by atoms with Crippen LogP contribution in [0.5, 0.6) is 0 Å². The van der Waals surface area contributed by atoms with Crippen LogP contribution in [0, 0.1) is 13.8 Å². The first-order valence-corrected chi connectivity index (χ1v) is 6.82. The summed E-state index contributed by atoms with van der Waals surface area (Å²) in [5, 5.41) is 2.11. The Morgan fingerprint density at radius 1 is 1.25 bits per heavy atom. The van der Waals surface area contributed by atoms with Crippen molar-refractivity contribution in [2.24, 2.45) is 5.73 Å². The molecule has 1 heterocycles. The highest BCUT2D eigenvalue weighted by atomic mass is 79.9.